The monoisotopic (exact) mass is 349 g/mol. The van der Waals surface area contributed by atoms with Gasteiger partial charge in [0.25, 0.3) is 5.69 Å². The lowest BCUT2D eigenvalue weighted by atomic mass is 9.98. The molecule has 1 saturated heterocycles. The molecule has 0 saturated carbocycles. The van der Waals surface area contributed by atoms with Crippen LogP contribution in [-0.4, -0.2) is 47.9 Å². The molecule has 0 aliphatic carbocycles. The van der Waals surface area contributed by atoms with Crippen LogP contribution < -0.4 is 5.32 Å². The largest absolute Gasteiger partial charge is 0.466 e. The lowest BCUT2D eigenvalue weighted by Gasteiger charge is -2.30. The van der Waals surface area contributed by atoms with Gasteiger partial charge in [-0.1, -0.05) is 6.07 Å². The van der Waals surface area contributed by atoms with Crippen molar-refractivity contribution in [2.24, 2.45) is 5.92 Å². The van der Waals surface area contributed by atoms with E-state index in [9.17, 15) is 19.7 Å². The van der Waals surface area contributed by atoms with Crippen LogP contribution in [0.3, 0.4) is 0 Å². The van der Waals surface area contributed by atoms with E-state index in [0.29, 0.717) is 24.4 Å². The van der Waals surface area contributed by atoms with Crippen LogP contribution in [0.4, 0.5) is 11.4 Å². The topological polar surface area (TPSA) is 102 Å². The van der Waals surface area contributed by atoms with Crippen molar-refractivity contribution in [3.05, 3.63) is 33.9 Å². The number of carbonyl (C=O) groups is 2. The number of hydrogen-bond donors (Lipinski definition) is 1. The van der Waals surface area contributed by atoms with Crippen molar-refractivity contribution >= 4 is 23.3 Å². The van der Waals surface area contributed by atoms with Gasteiger partial charge in [0.2, 0.25) is 5.91 Å². The van der Waals surface area contributed by atoms with E-state index in [0.717, 1.165) is 19.4 Å². The van der Waals surface area contributed by atoms with E-state index >= 15 is 0 Å². The number of anilines is 1. The molecule has 136 valence electrons. The average Bonchev–Trinajstić information content (AvgIpc) is 2.56. The van der Waals surface area contributed by atoms with Crippen LogP contribution in [0.2, 0.25) is 0 Å². The maximum absolute atomic E-state index is 12.2. The minimum atomic E-state index is -0.473. The second-order valence-corrected chi connectivity index (χ2v) is 6.13. The Hall–Kier alpha value is -2.48. The van der Waals surface area contributed by atoms with Gasteiger partial charge in [0.05, 0.1) is 24.0 Å². The van der Waals surface area contributed by atoms with Gasteiger partial charge in [-0.05, 0) is 39.3 Å². The first-order chi connectivity index (χ1) is 11.9. The number of ether oxygens (including phenoxy) is 1. The summed E-state index contributed by atoms with van der Waals surface area (Å²) in [6, 6.07) is 4.59. The molecule has 0 bridgehead atoms. The SMILES string of the molecule is CCOC(=O)C1CCCN(CC(=O)Nc2ccc(C)c([N+](=O)[O-])c2)C1. The maximum Gasteiger partial charge on any atom is 0.310 e. The second-order valence-electron chi connectivity index (χ2n) is 6.13. The highest BCUT2D eigenvalue weighted by molar-refractivity contribution is 5.92. The van der Waals surface area contributed by atoms with Gasteiger partial charge in [-0.15, -0.1) is 0 Å². The van der Waals surface area contributed by atoms with Gasteiger partial charge in [0, 0.05) is 23.9 Å². The zero-order chi connectivity index (χ0) is 18.4. The molecule has 1 N–H and O–H groups in total. The van der Waals surface area contributed by atoms with Crippen LogP contribution in [-0.2, 0) is 14.3 Å². The summed E-state index contributed by atoms with van der Waals surface area (Å²) in [5, 5.41) is 13.7. The van der Waals surface area contributed by atoms with Gasteiger partial charge in [-0.25, -0.2) is 0 Å². The second kappa shape index (κ2) is 8.57. The molecular weight excluding hydrogens is 326 g/mol. The Labute approximate surface area is 146 Å². The number of rotatable bonds is 6. The Morgan fingerprint density at radius 3 is 2.88 bits per heavy atom. The lowest BCUT2D eigenvalue weighted by molar-refractivity contribution is -0.385. The number of piperidine rings is 1. The molecule has 1 aliphatic rings. The van der Waals surface area contributed by atoms with Gasteiger partial charge in [-0.3, -0.25) is 24.6 Å². The smallest absolute Gasteiger partial charge is 0.310 e. The van der Waals surface area contributed by atoms with E-state index in [1.165, 1.54) is 6.07 Å². The summed E-state index contributed by atoms with van der Waals surface area (Å²) in [7, 11) is 0. The summed E-state index contributed by atoms with van der Waals surface area (Å²) in [5.41, 5.74) is 0.899. The summed E-state index contributed by atoms with van der Waals surface area (Å²) in [4.78, 5) is 36.5. The summed E-state index contributed by atoms with van der Waals surface area (Å²) in [5.74, 6) is -0.689. The van der Waals surface area contributed by atoms with Crippen molar-refractivity contribution in [1.29, 1.82) is 0 Å². The number of benzene rings is 1. The van der Waals surface area contributed by atoms with Gasteiger partial charge < -0.3 is 10.1 Å². The van der Waals surface area contributed by atoms with Crippen LogP contribution in [0.15, 0.2) is 18.2 Å². The number of nitro groups is 1. The van der Waals surface area contributed by atoms with Crippen molar-refractivity contribution in [2.75, 3.05) is 31.6 Å². The summed E-state index contributed by atoms with van der Waals surface area (Å²) in [6.45, 7) is 5.12. The molecule has 1 aliphatic heterocycles. The Morgan fingerprint density at radius 2 is 2.20 bits per heavy atom. The Bertz CT molecular complexity index is 662. The predicted molar refractivity (Wildman–Crippen MR) is 92.3 cm³/mol. The van der Waals surface area contributed by atoms with E-state index in [2.05, 4.69) is 5.32 Å². The van der Waals surface area contributed by atoms with Crippen molar-refractivity contribution in [3.63, 3.8) is 0 Å². The van der Waals surface area contributed by atoms with E-state index in [1.54, 1.807) is 26.0 Å². The fraction of sp³-hybridized carbons (Fsp3) is 0.529. The van der Waals surface area contributed by atoms with Crippen LogP contribution in [0.1, 0.15) is 25.3 Å². The zero-order valence-electron chi connectivity index (χ0n) is 14.5. The summed E-state index contributed by atoms with van der Waals surface area (Å²) >= 11 is 0. The molecule has 0 radical (unpaired) electrons. The molecule has 0 spiro atoms. The average molecular weight is 349 g/mol. The third-order valence-electron chi connectivity index (χ3n) is 4.18. The first-order valence-corrected chi connectivity index (χ1v) is 8.34. The molecule has 1 heterocycles. The number of esters is 1. The third-order valence-corrected chi connectivity index (χ3v) is 4.18. The maximum atomic E-state index is 12.2. The van der Waals surface area contributed by atoms with E-state index in [4.69, 9.17) is 4.74 Å². The highest BCUT2D eigenvalue weighted by Crippen LogP contribution is 2.22. The number of aryl methyl sites for hydroxylation is 1. The highest BCUT2D eigenvalue weighted by atomic mass is 16.6. The first-order valence-electron chi connectivity index (χ1n) is 8.34. The Kier molecular flexibility index (Phi) is 6.46. The first kappa shape index (κ1) is 18.9. The predicted octanol–water partition coefficient (Wildman–Crippen LogP) is 2.12. The van der Waals surface area contributed by atoms with Crippen LogP contribution in [0.25, 0.3) is 0 Å². The molecule has 2 rings (SSSR count). The highest BCUT2D eigenvalue weighted by Gasteiger charge is 2.27. The Balaban J connectivity index is 1.92. The molecular formula is C17H23N3O5. The molecule has 1 amide bonds. The van der Waals surface area contributed by atoms with Crippen molar-refractivity contribution in [1.82, 2.24) is 4.90 Å². The zero-order valence-corrected chi connectivity index (χ0v) is 14.5. The van der Waals surface area contributed by atoms with Gasteiger partial charge in [-0.2, -0.15) is 0 Å². The molecule has 1 aromatic rings. The lowest BCUT2D eigenvalue weighted by Crippen LogP contribution is -2.43. The minimum absolute atomic E-state index is 0.0295. The molecule has 1 fully saturated rings. The fourth-order valence-corrected chi connectivity index (χ4v) is 2.94. The molecule has 0 aromatic heterocycles. The van der Waals surface area contributed by atoms with E-state index in [1.807, 2.05) is 4.90 Å². The molecule has 8 heteroatoms. The molecule has 8 nitrogen and oxygen atoms in total. The summed E-state index contributed by atoms with van der Waals surface area (Å²) < 4.78 is 5.05. The van der Waals surface area contributed by atoms with Crippen LogP contribution >= 0.6 is 0 Å². The number of hydrogen-bond acceptors (Lipinski definition) is 6. The number of carbonyl (C=O) groups excluding carboxylic acids is 2. The standard InChI is InChI=1S/C17H23N3O5/c1-3-25-17(22)13-5-4-8-19(10-13)11-16(21)18-14-7-6-12(2)15(9-14)20(23)24/h6-7,9,13H,3-5,8,10-11H2,1-2H3,(H,18,21). The van der Waals surface area contributed by atoms with Crippen molar-refractivity contribution in [3.8, 4) is 0 Å². The van der Waals surface area contributed by atoms with Gasteiger partial charge in [0.15, 0.2) is 0 Å². The van der Waals surface area contributed by atoms with Gasteiger partial charge in [0.1, 0.15) is 0 Å². The minimum Gasteiger partial charge on any atom is -0.466 e. The van der Waals surface area contributed by atoms with Gasteiger partial charge >= 0.3 is 5.97 Å². The van der Waals surface area contributed by atoms with Crippen LogP contribution in [0, 0.1) is 23.0 Å². The van der Waals surface area contributed by atoms with E-state index < -0.39 is 4.92 Å². The number of nitrogens with zero attached hydrogens (tertiary/aromatic N) is 2. The number of likely N-dealkylation sites (tertiary alicyclic amines) is 1. The van der Waals surface area contributed by atoms with Crippen LogP contribution in [0.5, 0.6) is 0 Å². The quantitative estimate of drug-likeness (QED) is 0.479. The van der Waals surface area contributed by atoms with Crippen molar-refractivity contribution < 1.29 is 19.2 Å². The van der Waals surface area contributed by atoms with Crippen molar-refractivity contribution in [2.45, 2.75) is 26.7 Å². The molecule has 1 aromatic carbocycles. The Morgan fingerprint density at radius 1 is 1.44 bits per heavy atom. The third kappa shape index (κ3) is 5.25. The molecule has 1 unspecified atom stereocenters. The molecule has 25 heavy (non-hydrogen) atoms. The number of amides is 1. The summed E-state index contributed by atoms with van der Waals surface area (Å²) in [6.07, 6.45) is 1.59. The normalized spacial score (nSPS) is 17.8. The number of nitrogens with one attached hydrogen (secondary N) is 1. The fourth-order valence-electron chi connectivity index (χ4n) is 2.94. The molecule has 1 atom stereocenters. The van der Waals surface area contributed by atoms with E-state index in [-0.39, 0.29) is 30.0 Å². The number of nitro benzene ring substituents is 1.